The fraction of sp³-hybridized carbons (Fsp3) is 0.231. The Bertz CT molecular complexity index is 787. The molecule has 0 spiro atoms. The monoisotopic (exact) mass is 293 g/mol. The Morgan fingerprint density at radius 3 is 3.00 bits per heavy atom. The lowest BCUT2D eigenvalue weighted by Crippen LogP contribution is -2.06. The molecular formula is C13H12ClN3OS. The molecule has 0 aliphatic carbocycles. The molecule has 6 heteroatoms. The number of hydrogen-bond acceptors (Lipinski definition) is 3. The summed E-state index contributed by atoms with van der Waals surface area (Å²) in [6, 6.07) is 6.06. The van der Waals surface area contributed by atoms with Crippen molar-refractivity contribution in [3.8, 4) is 0 Å². The van der Waals surface area contributed by atoms with E-state index in [1.54, 1.807) is 0 Å². The summed E-state index contributed by atoms with van der Waals surface area (Å²) in [6.45, 7) is 2.62. The molecular weight excluding hydrogens is 282 g/mol. The number of rotatable bonds is 3. The van der Waals surface area contributed by atoms with Crippen LogP contribution in [0.2, 0.25) is 0 Å². The normalized spacial score (nSPS) is 11.3. The highest BCUT2D eigenvalue weighted by atomic mass is 35.5. The first-order valence-electron chi connectivity index (χ1n) is 5.86. The fourth-order valence-electron chi connectivity index (χ4n) is 2.18. The molecule has 0 amide bonds. The van der Waals surface area contributed by atoms with Gasteiger partial charge in [0, 0.05) is 11.1 Å². The predicted octanol–water partition coefficient (Wildman–Crippen LogP) is 2.88. The van der Waals surface area contributed by atoms with Gasteiger partial charge in [0.15, 0.2) is 0 Å². The highest BCUT2D eigenvalue weighted by molar-refractivity contribution is 7.07. The Hall–Kier alpha value is -1.59. The Morgan fingerprint density at radius 2 is 2.32 bits per heavy atom. The number of aromatic amines is 1. The van der Waals surface area contributed by atoms with Crippen molar-refractivity contribution in [3.63, 3.8) is 0 Å². The molecule has 0 aliphatic heterocycles. The first-order valence-corrected chi connectivity index (χ1v) is 7.28. The summed E-state index contributed by atoms with van der Waals surface area (Å²) in [5, 5.41) is 1.84. The van der Waals surface area contributed by atoms with Crippen LogP contribution in [0.1, 0.15) is 17.1 Å². The molecule has 4 nitrogen and oxygen atoms in total. The second kappa shape index (κ2) is 4.83. The molecule has 0 radical (unpaired) electrons. The Labute approximate surface area is 118 Å². The van der Waals surface area contributed by atoms with E-state index in [0.29, 0.717) is 12.4 Å². The van der Waals surface area contributed by atoms with Gasteiger partial charge in [0.1, 0.15) is 5.82 Å². The third kappa shape index (κ3) is 2.19. The van der Waals surface area contributed by atoms with Gasteiger partial charge in [0.2, 0.25) is 0 Å². The molecule has 19 heavy (non-hydrogen) atoms. The Kier molecular flexibility index (Phi) is 3.16. The number of para-hydroxylation sites is 1. The smallest absolute Gasteiger partial charge is 0.304 e. The van der Waals surface area contributed by atoms with Crippen molar-refractivity contribution in [2.24, 2.45) is 0 Å². The number of halogens is 1. The van der Waals surface area contributed by atoms with Gasteiger partial charge in [0.05, 0.1) is 23.5 Å². The maximum absolute atomic E-state index is 11.2. The molecule has 0 unspecified atom stereocenters. The molecule has 0 atom stereocenters. The molecule has 0 aliphatic rings. The van der Waals surface area contributed by atoms with Gasteiger partial charge in [-0.05, 0) is 18.6 Å². The van der Waals surface area contributed by atoms with Crippen molar-refractivity contribution in [3.05, 3.63) is 50.3 Å². The number of H-pyrrole nitrogens is 1. The van der Waals surface area contributed by atoms with Crippen LogP contribution in [-0.4, -0.2) is 14.5 Å². The summed E-state index contributed by atoms with van der Waals surface area (Å²) in [5.41, 5.74) is 4.02. The molecule has 1 N–H and O–H groups in total. The average Bonchev–Trinajstić information content (AvgIpc) is 2.96. The molecule has 0 bridgehead atoms. The number of benzene rings is 1. The maximum Gasteiger partial charge on any atom is 0.304 e. The van der Waals surface area contributed by atoms with Crippen LogP contribution in [0, 0.1) is 6.92 Å². The maximum atomic E-state index is 11.2. The lowest BCUT2D eigenvalue weighted by molar-refractivity contribution is 0.761. The minimum Gasteiger partial charge on any atom is -0.321 e. The standard InChI is InChI=1S/C13H12ClN3OS/c1-8-3-2-4-10-12(8)16-11(5-14)17(10)6-9-7-19-13(18)15-9/h2-4,7H,5-6H2,1H3,(H,15,18). The number of imidazole rings is 1. The van der Waals surface area contributed by atoms with E-state index in [1.165, 1.54) is 11.3 Å². The van der Waals surface area contributed by atoms with Crippen molar-refractivity contribution in [1.82, 2.24) is 14.5 Å². The van der Waals surface area contributed by atoms with E-state index in [1.807, 2.05) is 35.1 Å². The highest BCUT2D eigenvalue weighted by Gasteiger charge is 2.12. The average molecular weight is 294 g/mol. The topological polar surface area (TPSA) is 50.7 Å². The van der Waals surface area contributed by atoms with Crippen LogP contribution in [0.3, 0.4) is 0 Å². The highest BCUT2D eigenvalue weighted by Crippen LogP contribution is 2.21. The summed E-state index contributed by atoms with van der Waals surface area (Å²) in [5.74, 6) is 1.17. The zero-order chi connectivity index (χ0) is 13.4. The summed E-state index contributed by atoms with van der Waals surface area (Å²) in [7, 11) is 0. The van der Waals surface area contributed by atoms with E-state index in [-0.39, 0.29) is 4.87 Å². The first-order chi connectivity index (χ1) is 9.19. The summed E-state index contributed by atoms with van der Waals surface area (Å²) < 4.78 is 2.05. The van der Waals surface area contributed by atoms with Crippen LogP contribution < -0.4 is 4.87 Å². The van der Waals surface area contributed by atoms with Gasteiger partial charge in [0.25, 0.3) is 0 Å². The molecule has 3 rings (SSSR count). The minimum atomic E-state index is -0.0389. The molecule has 3 aromatic rings. The molecule has 1 aromatic carbocycles. The Balaban J connectivity index is 2.15. The minimum absolute atomic E-state index is 0.0389. The number of aromatic nitrogens is 3. The number of fused-ring (bicyclic) bond motifs is 1. The lowest BCUT2D eigenvalue weighted by atomic mass is 10.2. The SMILES string of the molecule is Cc1cccc2c1nc(CCl)n2Cc1csc(=O)[nH]1. The van der Waals surface area contributed by atoms with Crippen LogP contribution in [0.4, 0.5) is 0 Å². The van der Waals surface area contributed by atoms with E-state index in [0.717, 1.165) is 28.1 Å². The number of aryl methyl sites for hydroxylation is 1. The van der Waals surface area contributed by atoms with Crippen molar-refractivity contribution in [2.45, 2.75) is 19.3 Å². The number of nitrogens with zero attached hydrogens (tertiary/aromatic N) is 2. The van der Waals surface area contributed by atoms with Crippen molar-refractivity contribution in [1.29, 1.82) is 0 Å². The van der Waals surface area contributed by atoms with Gasteiger partial charge in [-0.2, -0.15) is 0 Å². The summed E-state index contributed by atoms with van der Waals surface area (Å²) in [4.78, 5) is 18.6. The van der Waals surface area contributed by atoms with Crippen LogP contribution in [0.25, 0.3) is 11.0 Å². The molecule has 98 valence electrons. The second-order valence-corrected chi connectivity index (χ2v) is 5.47. The molecule has 0 fully saturated rings. The number of nitrogens with one attached hydrogen (secondary N) is 1. The van der Waals surface area contributed by atoms with Crippen LogP contribution in [0.5, 0.6) is 0 Å². The molecule has 0 saturated carbocycles. The molecule has 0 saturated heterocycles. The third-order valence-electron chi connectivity index (χ3n) is 3.08. The van der Waals surface area contributed by atoms with Crippen LogP contribution in [-0.2, 0) is 12.4 Å². The third-order valence-corrected chi connectivity index (χ3v) is 4.04. The van der Waals surface area contributed by atoms with E-state index < -0.39 is 0 Å². The van der Waals surface area contributed by atoms with Gasteiger partial charge < -0.3 is 9.55 Å². The van der Waals surface area contributed by atoms with Gasteiger partial charge in [-0.1, -0.05) is 23.5 Å². The van der Waals surface area contributed by atoms with Gasteiger partial charge in [-0.15, -0.1) is 11.6 Å². The lowest BCUT2D eigenvalue weighted by Gasteiger charge is -2.05. The van der Waals surface area contributed by atoms with Crippen molar-refractivity contribution >= 4 is 34.0 Å². The van der Waals surface area contributed by atoms with Gasteiger partial charge in [-0.25, -0.2) is 4.98 Å². The van der Waals surface area contributed by atoms with Crippen LogP contribution >= 0.6 is 22.9 Å². The van der Waals surface area contributed by atoms with Crippen molar-refractivity contribution < 1.29 is 0 Å². The second-order valence-electron chi connectivity index (χ2n) is 4.36. The van der Waals surface area contributed by atoms with Gasteiger partial charge >= 0.3 is 4.87 Å². The summed E-state index contributed by atoms with van der Waals surface area (Å²) in [6.07, 6.45) is 0. The largest absolute Gasteiger partial charge is 0.321 e. The predicted molar refractivity (Wildman–Crippen MR) is 78.1 cm³/mol. The van der Waals surface area contributed by atoms with E-state index in [2.05, 4.69) is 9.97 Å². The zero-order valence-electron chi connectivity index (χ0n) is 10.3. The molecule has 2 heterocycles. The number of thiazole rings is 1. The fourth-order valence-corrected chi connectivity index (χ4v) is 2.95. The van der Waals surface area contributed by atoms with E-state index in [4.69, 9.17) is 11.6 Å². The number of hydrogen-bond donors (Lipinski definition) is 1. The number of alkyl halides is 1. The van der Waals surface area contributed by atoms with Crippen LogP contribution in [0.15, 0.2) is 28.4 Å². The van der Waals surface area contributed by atoms with E-state index in [9.17, 15) is 4.79 Å². The molecule has 2 aromatic heterocycles. The first kappa shape index (κ1) is 12.4. The Morgan fingerprint density at radius 1 is 1.47 bits per heavy atom. The van der Waals surface area contributed by atoms with Crippen molar-refractivity contribution in [2.75, 3.05) is 0 Å². The zero-order valence-corrected chi connectivity index (χ0v) is 11.9. The quantitative estimate of drug-likeness (QED) is 0.755. The van der Waals surface area contributed by atoms with Gasteiger partial charge in [-0.3, -0.25) is 4.79 Å². The summed E-state index contributed by atoms with van der Waals surface area (Å²) >= 11 is 7.15. The van der Waals surface area contributed by atoms with E-state index >= 15 is 0 Å².